The molecular weight excluding hydrogens is 360 g/mol. The molecule has 0 saturated heterocycles. The molecule has 1 aliphatic rings. The first kappa shape index (κ1) is 19.2. The van der Waals surface area contributed by atoms with Crippen LogP contribution in [0.4, 0.5) is 0 Å². The van der Waals surface area contributed by atoms with Gasteiger partial charge in [-0.3, -0.25) is 19.3 Å². The third kappa shape index (κ3) is 3.88. The highest BCUT2D eigenvalue weighted by molar-refractivity contribution is 6.22. The summed E-state index contributed by atoms with van der Waals surface area (Å²) < 4.78 is 10.6. The molecule has 0 spiro atoms. The van der Waals surface area contributed by atoms with E-state index in [4.69, 9.17) is 9.47 Å². The van der Waals surface area contributed by atoms with Crippen molar-refractivity contribution in [1.82, 2.24) is 10.2 Å². The van der Waals surface area contributed by atoms with E-state index in [0.29, 0.717) is 16.9 Å². The Morgan fingerprint density at radius 3 is 2.43 bits per heavy atom. The standard InChI is InChI=1S/C21H20N2O5/c1-3-11-23-20(25)17-9-4-14(13-18(17)21(23)26)19(24)22-10-12-28-16-7-5-15(27-2)6-8-16/h3-9,13H,1,10-12H2,2H3,(H,22,24). The highest BCUT2D eigenvalue weighted by Gasteiger charge is 2.35. The lowest BCUT2D eigenvalue weighted by molar-refractivity contribution is 0.0672. The third-order valence-electron chi connectivity index (χ3n) is 4.26. The number of methoxy groups -OCH3 is 1. The van der Waals surface area contributed by atoms with Gasteiger partial charge in [0.05, 0.1) is 24.8 Å². The molecule has 0 atom stereocenters. The minimum Gasteiger partial charge on any atom is -0.497 e. The summed E-state index contributed by atoms with van der Waals surface area (Å²) in [5.74, 6) is 0.261. The van der Waals surface area contributed by atoms with Gasteiger partial charge in [-0.2, -0.15) is 0 Å². The maximum Gasteiger partial charge on any atom is 0.261 e. The number of rotatable bonds is 8. The van der Waals surface area contributed by atoms with Gasteiger partial charge in [0.1, 0.15) is 18.1 Å². The van der Waals surface area contributed by atoms with Gasteiger partial charge in [-0.15, -0.1) is 6.58 Å². The predicted molar refractivity (Wildman–Crippen MR) is 103 cm³/mol. The zero-order valence-electron chi connectivity index (χ0n) is 15.4. The second-order valence-electron chi connectivity index (χ2n) is 6.05. The molecule has 0 aromatic heterocycles. The van der Waals surface area contributed by atoms with Crippen molar-refractivity contribution in [2.24, 2.45) is 0 Å². The van der Waals surface area contributed by atoms with E-state index >= 15 is 0 Å². The summed E-state index contributed by atoms with van der Waals surface area (Å²) in [6.07, 6.45) is 1.48. The number of hydrogen-bond acceptors (Lipinski definition) is 5. The minimum atomic E-state index is -0.419. The predicted octanol–water partition coefficient (Wildman–Crippen LogP) is 2.29. The number of carbonyl (C=O) groups is 3. The van der Waals surface area contributed by atoms with Crippen molar-refractivity contribution in [3.05, 3.63) is 71.8 Å². The van der Waals surface area contributed by atoms with Crippen LogP contribution in [-0.2, 0) is 0 Å². The fraction of sp³-hybridized carbons (Fsp3) is 0.190. The number of imide groups is 1. The van der Waals surface area contributed by atoms with Crippen LogP contribution in [0.15, 0.2) is 55.1 Å². The molecule has 28 heavy (non-hydrogen) atoms. The Morgan fingerprint density at radius 2 is 1.75 bits per heavy atom. The van der Waals surface area contributed by atoms with Gasteiger partial charge in [0, 0.05) is 12.1 Å². The van der Waals surface area contributed by atoms with Crippen molar-refractivity contribution in [3.8, 4) is 11.5 Å². The lowest BCUT2D eigenvalue weighted by Crippen LogP contribution is -2.29. The molecule has 2 aromatic rings. The summed E-state index contributed by atoms with van der Waals surface area (Å²) >= 11 is 0. The molecule has 0 radical (unpaired) electrons. The molecule has 1 heterocycles. The average molecular weight is 380 g/mol. The molecular formula is C21H20N2O5. The van der Waals surface area contributed by atoms with Crippen LogP contribution in [0.3, 0.4) is 0 Å². The third-order valence-corrected chi connectivity index (χ3v) is 4.26. The van der Waals surface area contributed by atoms with E-state index in [0.717, 1.165) is 10.6 Å². The van der Waals surface area contributed by atoms with Crippen LogP contribution >= 0.6 is 0 Å². The first-order valence-corrected chi connectivity index (χ1v) is 8.71. The Labute approximate surface area is 162 Å². The van der Waals surface area contributed by atoms with Crippen molar-refractivity contribution >= 4 is 17.7 Å². The molecule has 3 rings (SSSR count). The van der Waals surface area contributed by atoms with Crippen LogP contribution in [0.2, 0.25) is 0 Å². The molecule has 144 valence electrons. The van der Waals surface area contributed by atoms with E-state index in [9.17, 15) is 14.4 Å². The maximum absolute atomic E-state index is 12.3. The first-order valence-electron chi connectivity index (χ1n) is 8.71. The molecule has 0 unspecified atom stereocenters. The van der Waals surface area contributed by atoms with Gasteiger partial charge < -0.3 is 14.8 Å². The Morgan fingerprint density at radius 1 is 1.07 bits per heavy atom. The largest absolute Gasteiger partial charge is 0.497 e. The van der Waals surface area contributed by atoms with Crippen LogP contribution in [-0.4, -0.2) is 49.4 Å². The van der Waals surface area contributed by atoms with E-state index < -0.39 is 5.91 Å². The number of nitrogens with one attached hydrogen (secondary N) is 1. The average Bonchev–Trinajstić information content (AvgIpc) is 2.96. The maximum atomic E-state index is 12.3. The van der Waals surface area contributed by atoms with Crippen LogP contribution in [0.1, 0.15) is 31.1 Å². The SMILES string of the molecule is C=CCN1C(=O)c2ccc(C(=O)NCCOc3ccc(OC)cc3)cc2C1=O. The normalized spacial score (nSPS) is 12.5. The number of fused-ring (bicyclic) bond motifs is 1. The fourth-order valence-corrected chi connectivity index (χ4v) is 2.83. The Hall–Kier alpha value is -3.61. The molecule has 1 aliphatic heterocycles. The number of benzene rings is 2. The van der Waals surface area contributed by atoms with Crippen molar-refractivity contribution in [3.63, 3.8) is 0 Å². The zero-order chi connectivity index (χ0) is 20.1. The number of nitrogens with zero attached hydrogens (tertiary/aromatic N) is 1. The van der Waals surface area contributed by atoms with Crippen LogP contribution in [0, 0.1) is 0 Å². The van der Waals surface area contributed by atoms with Gasteiger partial charge in [-0.05, 0) is 42.5 Å². The lowest BCUT2D eigenvalue weighted by Gasteiger charge is -2.09. The van der Waals surface area contributed by atoms with Gasteiger partial charge in [0.15, 0.2) is 0 Å². The van der Waals surface area contributed by atoms with Crippen molar-refractivity contribution in [2.45, 2.75) is 0 Å². The number of hydrogen-bond donors (Lipinski definition) is 1. The molecule has 2 aromatic carbocycles. The molecule has 0 bridgehead atoms. The summed E-state index contributed by atoms with van der Waals surface area (Å²) in [7, 11) is 1.59. The summed E-state index contributed by atoms with van der Waals surface area (Å²) in [6, 6.07) is 11.6. The summed E-state index contributed by atoms with van der Waals surface area (Å²) in [5, 5.41) is 2.73. The smallest absolute Gasteiger partial charge is 0.261 e. The summed E-state index contributed by atoms with van der Waals surface area (Å²) in [4.78, 5) is 38.0. The van der Waals surface area contributed by atoms with Crippen LogP contribution < -0.4 is 14.8 Å². The van der Waals surface area contributed by atoms with E-state index in [1.54, 1.807) is 31.4 Å². The van der Waals surface area contributed by atoms with Crippen LogP contribution in [0.5, 0.6) is 11.5 Å². The molecule has 0 aliphatic carbocycles. The van der Waals surface area contributed by atoms with E-state index in [1.165, 1.54) is 24.3 Å². The highest BCUT2D eigenvalue weighted by Crippen LogP contribution is 2.24. The summed E-state index contributed by atoms with van der Waals surface area (Å²) in [5.41, 5.74) is 0.838. The highest BCUT2D eigenvalue weighted by atomic mass is 16.5. The summed E-state index contributed by atoms with van der Waals surface area (Å²) in [6.45, 7) is 4.26. The molecule has 1 N–H and O–H groups in total. The van der Waals surface area contributed by atoms with Crippen molar-refractivity contribution < 1.29 is 23.9 Å². The molecule has 7 nitrogen and oxygen atoms in total. The Kier molecular flexibility index (Phi) is 5.74. The molecule has 0 saturated carbocycles. The monoisotopic (exact) mass is 380 g/mol. The van der Waals surface area contributed by atoms with Gasteiger partial charge in [0.2, 0.25) is 0 Å². The number of ether oxygens (including phenoxy) is 2. The van der Waals surface area contributed by atoms with Crippen molar-refractivity contribution in [1.29, 1.82) is 0 Å². The molecule has 3 amide bonds. The van der Waals surface area contributed by atoms with E-state index in [1.807, 2.05) is 0 Å². The second-order valence-corrected chi connectivity index (χ2v) is 6.05. The van der Waals surface area contributed by atoms with Gasteiger partial charge in [0.25, 0.3) is 17.7 Å². The molecule has 0 fully saturated rings. The number of carbonyl (C=O) groups excluding carboxylic acids is 3. The topological polar surface area (TPSA) is 84.9 Å². The zero-order valence-corrected chi connectivity index (χ0v) is 15.4. The van der Waals surface area contributed by atoms with Gasteiger partial charge in [-0.1, -0.05) is 6.08 Å². The second kappa shape index (κ2) is 8.39. The van der Waals surface area contributed by atoms with Gasteiger partial charge in [-0.25, -0.2) is 0 Å². The number of amides is 3. The van der Waals surface area contributed by atoms with Gasteiger partial charge >= 0.3 is 0 Å². The lowest BCUT2D eigenvalue weighted by atomic mass is 10.1. The Balaban J connectivity index is 1.56. The molecule has 7 heteroatoms. The quantitative estimate of drug-likeness (QED) is 0.431. The Bertz CT molecular complexity index is 921. The first-order chi connectivity index (χ1) is 13.5. The van der Waals surface area contributed by atoms with Crippen molar-refractivity contribution in [2.75, 3.05) is 26.8 Å². The van der Waals surface area contributed by atoms with E-state index in [-0.39, 0.29) is 37.1 Å². The van der Waals surface area contributed by atoms with E-state index in [2.05, 4.69) is 11.9 Å². The van der Waals surface area contributed by atoms with Crippen LogP contribution in [0.25, 0.3) is 0 Å². The fourth-order valence-electron chi connectivity index (χ4n) is 2.83. The minimum absolute atomic E-state index is 0.135.